The van der Waals surface area contributed by atoms with Crippen molar-refractivity contribution in [2.24, 2.45) is 0 Å². The standard InChI is InChI=1S/C22H24N4O4/c1-3-25(13-17-11-22(28)26-12-15(2)4-7-20(26)23-17)14-21(27)24-16-5-6-18-19(10-16)30-9-8-29-18/h4-7,10-12H,3,8-9,13-14H2,1-2H3,(H,24,27). The Labute approximate surface area is 174 Å². The summed E-state index contributed by atoms with van der Waals surface area (Å²) in [7, 11) is 0. The van der Waals surface area contributed by atoms with Crippen LogP contribution in [0.25, 0.3) is 5.65 Å². The zero-order chi connectivity index (χ0) is 21.1. The van der Waals surface area contributed by atoms with Gasteiger partial charge >= 0.3 is 0 Å². The molecule has 0 bridgehead atoms. The monoisotopic (exact) mass is 408 g/mol. The van der Waals surface area contributed by atoms with E-state index in [0.717, 1.165) is 5.56 Å². The number of anilines is 1. The molecule has 2 aromatic heterocycles. The van der Waals surface area contributed by atoms with Gasteiger partial charge in [0.05, 0.1) is 12.2 Å². The summed E-state index contributed by atoms with van der Waals surface area (Å²) in [5, 5.41) is 2.89. The van der Waals surface area contributed by atoms with E-state index in [9.17, 15) is 9.59 Å². The maximum Gasteiger partial charge on any atom is 0.258 e. The van der Waals surface area contributed by atoms with Crippen LogP contribution < -0.4 is 20.3 Å². The molecule has 30 heavy (non-hydrogen) atoms. The lowest BCUT2D eigenvalue weighted by Crippen LogP contribution is -2.33. The van der Waals surface area contributed by atoms with Gasteiger partial charge in [0.15, 0.2) is 11.5 Å². The van der Waals surface area contributed by atoms with Gasteiger partial charge in [-0.1, -0.05) is 13.0 Å². The van der Waals surface area contributed by atoms with Crippen LogP contribution >= 0.6 is 0 Å². The molecule has 0 atom stereocenters. The summed E-state index contributed by atoms with van der Waals surface area (Å²) in [5.74, 6) is 1.16. The van der Waals surface area contributed by atoms with Crippen molar-refractivity contribution in [3.8, 4) is 11.5 Å². The maximum atomic E-state index is 12.5. The number of benzene rings is 1. The molecule has 3 heterocycles. The first kappa shape index (κ1) is 19.9. The number of amides is 1. The summed E-state index contributed by atoms with van der Waals surface area (Å²) in [5.41, 5.74) is 2.75. The van der Waals surface area contributed by atoms with Crippen molar-refractivity contribution < 1.29 is 14.3 Å². The van der Waals surface area contributed by atoms with Gasteiger partial charge in [0, 0.05) is 30.6 Å². The number of pyridine rings is 1. The number of rotatable bonds is 6. The molecule has 0 saturated carbocycles. The van der Waals surface area contributed by atoms with Crippen molar-refractivity contribution in [2.75, 3.05) is 31.6 Å². The highest BCUT2D eigenvalue weighted by molar-refractivity contribution is 5.92. The summed E-state index contributed by atoms with van der Waals surface area (Å²) >= 11 is 0. The third-order valence-electron chi connectivity index (χ3n) is 4.89. The number of hydrogen-bond acceptors (Lipinski definition) is 6. The number of nitrogens with one attached hydrogen (secondary N) is 1. The summed E-state index contributed by atoms with van der Waals surface area (Å²) in [4.78, 5) is 31.4. The van der Waals surface area contributed by atoms with Gasteiger partial charge in [-0.15, -0.1) is 0 Å². The number of carbonyl (C=O) groups is 1. The fourth-order valence-electron chi connectivity index (χ4n) is 3.37. The van der Waals surface area contributed by atoms with Crippen molar-refractivity contribution in [1.29, 1.82) is 0 Å². The van der Waals surface area contributed by atoms with Crippen molar-refractivity contribution in [3.63, 3.8) is 0 Å². The van der Waals surface area contributed by atoms with Gasteiger partial charge in [0.2, 0.25) is 5.91 Å². The molecule has 0 spiro atoms. The molecule has 1 amide bonds. The van der Waals surface area contributed by atoms with Gasteiger partial charge in [0.1, 0.15) is 18.9 Å². The van der Waals surface area contributed by atoms with Crippen molar-refractivity contribution in [2.45, 2.75) is 20.4 Å². The van der Waals surface area contributed by atoms with E-state index in [1.165, 1.54) is 10.5 Å². The van der Waals surface area contributed by atoms with Gasteiger partial charge in [-0.3, -0.25) is 18.9 Å². The molecule has 1 aliphatic rings. The van der Waals surface area contributed by atoms with Crippen LogP contribution in [-0.2, 0) is 11.3 Å². The molecule has 1 aromatic carbocycles. The van der Waals surface area contributed by atoms with Gasteiger partial charge in [0.25, 0.3) is 5.56 Å². The number of likely N-dealkylation sites (N-methyl/N-ethyl adjacent to an activating group) is 1. The van der Waals surface area contributed by atoms with Gasteiger partial charge < -0.3 is 14.8 Å². The lowest BCUT2D eigenvalue weighted by Gasteiger charge is -2.21. The first-order valence-corrected chi connectivity index (χ1v) is 9.92. The average molecular weight is 408 g/mol. The molecular formula is C22H24N4O4. The summed E-state index contributed by atoms with van der Waals surface area (Å²) in [6, 6.07) is 10.6. The molecule has 8 nitrogen and oxygen atoms in total. The van der Waals surface area contributed by atoms with Crippen LogP contribution in [0.5, 0.6) is 11.5 Å². The Bertz CT molecular complexity index is 1140. The molecule has 8 heteroatoms. The summed E-state index contributed by atoms with van der Waals surface area (Å²) < 4.78 is 12.6. The Morgan fingerprint density at radius 1 is 1.17 bits per heavy atom. The minimum Gasteiger partial charge on any atom is -0.486 e. The molecular weight excluding hydrogens is 384 g/mol. The normalized spacial score (nSPS) is 12.9. The third kappa shape index (κ3) is 4.44. The number of carbonyl (C=O) groups excluding carboxylic acids is 1. The highest BCUT2D eigenvalue weighted by Crippen LogP contribution is 2.32. The van der Waals surface area contributed by atoms with Crippen LogP contribution in [0.15, 0.2) is 47.4 Å². The zero-order valence-electron chi connectivity index (χ0n) is 17.1. The molecule has 3 aromatic rings. The second kappa shape index (κ2) is 8.54. The predicted octanol–water partition coefficient (Wildman–Crippen LogP) is 2.23. The first-order valence-electron chi connectivity index (χ1n) is 9.92. The molecule has 0 radical (unpaired) electrons. The Kier molecular flexibility index (Phi) is 5.67. The smallest absolute Gasteiger partial charge is 0.258 e. The van der Waals surface area contributed by atoms with Crippen LogP contribution in [0, 0.1) is 6.92 Å². The van der Waals surface area contributed by atoms with E-state index in [1.807, 2.05) is 30.9 Å². The van der Waals surface area contributed by atoms with Crippen LogP contribution in [0.4, 0.5) is 5.69 Å². The average Bonchev–Trinajstić information content (AvgIpc) is 2.73. The quantitative estimate of drug-likeness (QED) is 0.673. The number of nitrogens with zero attached hydrogens (tertiary/aromatic N) is 3. The minimum absolute atomic E-state index is 0.129. The Morgan fingerprint density at radius 3 is 2.77 bits per heavy atom. The Morgan fingerprint density at radius 2 is 1.97 bits per heavy atom. The molecule has 1 aliphatic heterocycles. The van der Waals surface area contributed by atoms with E-state index in [0.29, 0.717) is 54.8 Å². The van der Waals surface area contributed by atoms with E-state index in [-0.39, 0.29) is 18.0 Å². The molecule has 156 valence electrons. The maximum absolute atomic E-state index is 12.5. The van der Waals surface area contributed by atoms with Crippen LogP contribution in [0.1, 0.15) is 18.2 Å². The van der Waals surface area contributed by atoms with Crippen molar-refractivity contribution in [3.05, 3.63) is 64.2 Å². The second-order valence-electron chi connectivity index (χ2n) is 7.23. The molecule has 0 fully saturated rings. The van der Waals surface area contributed by atoms with E-state index in [2.05, 4.69) is 10.3 Å². The van der Waals surface area contributed by atoms with E-state index in [1.54, 1.807) is 24.4 Å². The van der Waals surface area contributed by atoms with Crippen molar-refractivity contribution >= 4 is 17.2 Å². The Hall–Kier alpha value is -3.39. The number of aryl methyl sites for hydroxylation is 1. The van der Waals surface area contributed by atoms with Crippen LogP contribution in [0.3, 0.4) is 0 Å². The molecule has 0 aliphatic carbocycles. The van der Waals surface area contributed by atoms with Gasteiger partial charge in [-0.05, 0) is 37.2 Å². The largest absolute Gasteiger partial charge is 0.486 e. The number of ether oxygens (including phenoxy) is 2. The van der Waals surface area contributed by atoms with E-state index < -0.39 is 0 Å². The van der Waals surface area contributed by atoms with E-state index in [4.69, 9.17) is 9.47 Å². The number of fused-ring (bicyclic) bond motifs is 2. The fourth-order valence-corrected chi connectivity index (χ4v) is 3.37. The highest BCUT2D eigenvalue weighted by atomic mass is 16.6. The van der Waals surface area contributed by atoms with Crippen molar-refractivity contribution in [1.82, 2.24) is 14.3 Å². The lowest BCUT2D eigenvalue weighted by atomic mass is 10.2. The molecule has 0 saturated heterocycles. The van der Waals surface area contributed by atoms with Gasteiger partial charge in [-0.2, -0.15) is 0 Å². The Balaban J connectivity index is 1.43. The van der Waals surface area contributed by atoms with Gasteiger partial charge in [-0.25, -0.2) is 4.98 Å². The molecule has 1 N–H and O–H groups in total. The summed E-state index contributed by atoms with van der Waals surface area (Å²) in [6.45, 7) is 6.14. The van der Waals surface area contributed by atoms with Crippen LogP contribution in [0.2, 0.25) is 0 Å². The minimum atomic E-state index is -0.151. The second-order valence-corrected chi connectivity index (χ2v) is 7.23. The SMILES string of the molecule is CCN(CC(=O)Nc1ccc2c(c1)OCCO2)Cc1cc(=O)n2cc(C)ccc2n1. The number of hydrogen-bond donors (Lipinski definition) is 1. The lowest BCUT2D eigenvalue weighted by molar-refractivity contribution is -0.117. The van der Waals surface area contributed by atoms with Crippen LogP contribution in [-0.4, -0.2) is 46.5 Å². The third-order valence-corrected chi connectivity index (χ3v) is 4.89. The zero-order valence-corrected chi connectivity index (χ0v) is 17.1. The van der Waals surface area contributed by atoms with E-state index >= 15 is 0 Å². The first-order chi connectivity index (χ1) is 14.5. The number of aromatic nitrogens is 2. The fraction of sp³-hybridized carbons (Fsp3) is 0.318. The molecule has 0 unspecified atom stereocenters. The summed E-state index contributed by atoms with van der Waals surface area (Å²) in [6.07, 6.45) is 1.77. The molecule has 4 rings (SSSR count). The topological polar surface area (TPSA) is 85.2 Å². The predicted molar refractivity (Wildman–Crippen MR) is 113 cm³/mol. The highest BCUT2D eigenvalue weighted by Gasteiger charge is 2.15.